The molecule has 0 bridgehead atoms. The molecule has 0 fully saturated rings. The van der Waals surface area contributed by atoms with Gasteiger partial charge in [-0.25, -0.2) is 4.79 Å². The van der Waals surface area contributed by atoms with E-state index in [0.717, 1.165) is 17.5 Å². The Balaban J connectivity index is 2.12. The van der Waals surface area contributed by atoms with Crippen molar-refractivity contribution in [2.24, 2.45) is 10.9 Å². The fourth-order valence-corrected chi connectivity index (χ4v) is 4.49. The monoisotopic (exact) mass is 377 g/mol. The van der Waals surface area contributed by atoms with Gasteiger partial charge in [-0.05, 0) is 77.0 Å². The van der Waals surface area contributed by atoms with Crippen molar-refractivity contribution in [2.45, 2.75) is 65.7 Å². The number of para-hydroxylation sites is 1. The summed E-state index contributed by atoms with van der Waals surface area (Å²) in [6.45, 7) is 15.7. The van der Waals surface area contributed by atoms with Crippen molar-refractivity contribution in [2.75, 3.05) is 0 Å². The molecule has 0 aliphatic heterocycles. The molecule has 28 heavy (non-hydrogen) atoms. The van der Waals surface area contributed by atoms with Gasteiger partial charge in [0, 0.05) is 6.21 Å². The quantitative estimate of drug-likeness (QED) is 0.634. The van der Waals surface area contributed by atoms with Gasteiger partial charge >= 0.3 is 5.97 Å². The van der Waals surface area contributed by atoms with Crippen LogP contribution in [-0.2, 0) is 10.8 Å². The number of aryl methyl sites for hydroxylation is 2. The molecule has 0 saturated heterocycles. The maximum atomic E-state index is 11.6. The van der Waals surface area contributed by atoms with Crippen LogP contribution in [-0.4, -0.2) is 17.3 Å². The third-order valence-corrected chi connectivity index (χ3v) is 6.68. The predicted octanol–water partition coefficient (Wildman–Crippen LogP) is 6.35. The number of aliphatic imine (C=N–C) groups is 1. The lowest BCUT2D eigenvalue weighted by atomic mass is 9.58. The van der Waals surface area contributed by atoms with Gasteiger partial charge in [-0.2, -0.15) is 0 Å². The van der Waals surface area contributed by atoms with E-state index < -0.39 is 5.97 Å². The molecule has 1 unspecified atom stereocenters. The normalized spacial score (nSPS) is 20.2. The van der Waals surface area contributed by atoms with E-state index in [1.807, 2.05) is 19.2 Å². The molecule has 0 amide bonds. The highest BCUT2D eigenvalue weighted by Gasteiger charge is 2.42. The standard InChI is InChI=1S/C25H31NO2/c1-15-9-8-10-19(23(27)28)22(15)26-14-18-12-20-21(11-16(18)2)25(6,7)17(3)13-24(20,4)5/h8-12,14,17H,13H2,1-7H3,(H,27,28). The first-order chi connectivity index (χ1) is 12.9. The average Bonchev–Trinajstić information content (AvgIpc) is 2.59. The first-order valence-electron chi connectivity index (χ1n) is 9.97. The van der Waals surface area contributed by atoms with Crippen LogP contribution in [0.5, 0.6) is 0 Å². The van der Waals surface area contributed by atoms with Gasteiger partial charge in [-0.3, -0.25) is 4.99 Å². The molecule has 0 radical (unpaired) electrons. The van der Waals surface area contributed by atoms with E-state index in [9.17, 15) is 9.90 Å². The molecule has 0 saturated carbocycles. The fourth-order valence-electron chi connectivity index (χ4n) is 4.49. The number of carbonyl (C=O) groups is 1. The van der Waals surface area contributed by atoms with Crippen LogP contribution in [0.1, 0.15) is 79.2 Å². The van der Waals surface area contributed by atoms with E-state index in [-0.39, 0.29) is 16.4 Å². The Kier molecular flexibility index (Phi) is 4.99. The van der Waals surface area contributed by atoms with Gasteiger partial charge in [-0.15, -0.1) is 0 Å². The summed E-state index contributed by atoms with van der Waals surface area (Å²) in [7, 11) is 0. The Bertz CT molecular complexity index is 967. The van der Waals surface area contributed by atoms with Gasteiger partial charge in [0.1, 0.15) is 0 Å². The second-order valence-electron chi connectivity index (χ2n) is 9.50. The Morgan fingerprint density at radius 1 is 1.11 bits per heavy atom. The summed E-state index contributed by atoms with van der Waals surface area (Å²) in [5, 5.41) is 9.48. The van der Waals surface area contributed by atoms with Crippen LogP contribution in [0.15, 0.2) is 35.3 Å². The highest BCUT2D eigenvalue weighted by Crippen LogP contribution is 2.49. The van der Waals surface area contributed by atoms with Crippen molar-refractivity contribution in [3.8, 4) is 0 Å². The topological polar surface area (TPSA) is 49.7 Å². The maximum Gasteiger partial charge on any atom is 0.337 e. The zero-order valence-corrected chi connectivity index (χ0v) is 18.1. The molecule has 3 rings (SSSR count). The molecule has 2 aromatic rings. The van der Waals surface area contributed by atoms with Crippen LogP contribution >= 0.6 is 0 Å². The summed E-state index contributed by atoms with van der Waals surface area (Å²) < 4.78 is 0. The molecular weight excluding hydrogens is 346 g/mol. The molecule has 148 valence electrons. The Labute approximate surface area is 168 Å². The molecule has 3 nitrogen and oxygen atoms in total. The van der Waals surface area contributed by atoms with E-state index in [1.165, 1.54) is 16.7 Å². The number of fused-ring (bicyclic) bond motifs is 1. The lowest BCUT2D eigenvalue weighted by molar-refractivity contribution is 0.0697. The number of hydrogen-bond acceptors (Lipinski definition) is 2. The van der Waals surface area contributed by atoms with E-state index in [4.69, 9.17) is 0 Å². The zero-order chi connectivity index (χ0) is 20.9. The van der Waals surface area contributed by atoms with Crippen LogP contribution in [0.2, 0.25) is 0 Å². The van der Waals surface area contributed by atoms with Crippen molar-refractivity contribution in [1.29, 1.82) is 0 Å². The largest absolute Gasteiger partial charge is 0.478 e. The molecule has 1 aliphatic carbocycles. The molecule has 3 heteroatoms. The van der Waals surface area contributed by atoms with Crippen LogP contribution in [0.3, 0.4) is 0 Å². The minimum Gasteiger partial charge on any atom is -0.478 e. The van der Waals surface area contributed by atoms with Crippen molar-refractivity contribution in [3.63, 3.8) is 0 Å². The van der Waals surface area contributed by atoms with E-state index in [0.29, 0.717) is 11.6 Å². The summed E-state index contributed by atoms with van der Waals surface area (Å²) in [5.41, 5.74) is 6.90. The number of nitrogens with zero attached hydrogens (tertiary/aromatic N) is 1. The van der Waals surface area contributed by atoms with Crippen LogP contribution < -0.4 is 0 Å². The van der Waals surface area contributed by atoms with Gasteiger partial charge < -0.3 is 5.11 Å². The number of benzene rings is 2. The van der Waals surface area contributed by atoms with Crippen molar-refractivity contribution >= 4 is 17.9 Å². The zero-order valence-electron chi connectivity index (χ0n) is 18.1. The first kappa shape index (κ1) is 20.3. The van der Waals surface area contributed by atoms with Crippen LogP contribution in [0, 0.1) is 19.8 Å². The average molecular weight is 378 g/mol. The highest BCUT2D eigenvalue weighted by atomic mass is 16.4. The summed E-state index contributed by atoms with van der Waals surface area (Å²) in [6, 6.07) is 9.83. The summed E-state index contributed by atoms with van der Waals surface area (Å²) in [5.74, 6) is -0.339. The molecule has 2 aromatic carbocycles. The minimum atomic E-state index is -0.949. The van der Waals surface area contributed by atoms with Crippen molar-refractivity contribution < 1.29 is 9.90 Å². The number of aromatic carboxylic acids is 1. The van der Waals surface area contributed by atoms with Gasteiger partial charge in [0.25, 0.3) is 0 Å². The minimum absolute atomic E-state index is 0.107. The van der Waals surface area contributed by atoms with Gasteiger partial charge in [0.2, 0.25) is 0 Å². The third-order valence-electron chi connectivity index (χ3n) is 6.68. The van der Waals surface area contributed by atoms with Gasteiger partial charge in [-0.1, -0.05) is 52.8 Å². The maximum absolute atomic E-state index is 11.6. The molecule has 1 N–H and O–H groups in total. The first-order valence-corrected chi connectivity index (χ1v) is 9.97. The van der Waals surface area contributed by atoms with Crippen LogP contribution in [0.25, 0.3) is 0 Å². The fraction of sp³-hybridized carbons (Fsp3) is 0.440. The number of carboxylic acid groups (broad SMARTS) is 1. The van der Waals surface area contributed by atoms with Crippen molar-refractivity contribution in [3.05, 3.63) is 63.7 Å². The second kappa shape index (κ2) is 6.88. The Morgan fingerprint density at radius 3 is 2.43 bits per heavy atom. The highest BCUT2D eigenvalue weighted by molar-refractivity contribution is 5.96. The summed E-state index contributed by atoms with van der Waals surface area (Å²) >= 11 is 0. The van der Waals surface area contributed by atoms with E-state index in [2.05, 4.69) is 58.7 Å². The second-order valence-corrected chi connectivity index (χ2v) is 9.50. The molecule has 1 aliphatic rings. The number of hydrogen-bond donors (Lipinski definition) is 1. The third kappa shape index (κ3) is 3.39. The molecule has 1 atom stereocenters. The number of carboxylic acids is 1. The predicted molar refractivity (Wildman–Crippen MR) is 116 cm³/mol. The molecule has 0 aromatic heterocycles. The Hall–Kier alpha value is -2.42. The lowest BCUT2D eigenvalue weighted by Gasteiger charge is -2.47. The van der Waals surface area contributed by atoms with Gasteiger partial charge in [0.15, 0.2) is 0 Å². The number of rotatable bonds is 3. The smallest absolute Gasteiger partial charge is 0.337 e. The molecule has 0 spiro atoms. The molecular formula is C25H31NO2. The molecule has 0 heterocycles. The summed E-state index contributed by atoms with van der Waals surface area (Å²) in [4.78, 5) is 16.2. The SMILES string of the molecule is Cc1cc2c(cc1C=Nc1c(C)cccc1C(=O)O)C(C)(C)CC(C)C2(C)C. The lowest BCUT2D eigenvalue weighted by Crippen LogP contribution is -2.40. The van der Waals surface area contributed by atoms with Crippen molar-refractivity contribution in [1.82, 2.24) is 0 Å². The Morgan fingerprint density at radius 2 is 1.79 bits per heavy atom. The summed E-state index contributed by atoms with van der Waals surface area (Å²) in [6.07, 6.45) is 2.97. The van der Waals surface area contributed by atoms with Crippen LogP contribution in [0.4, 0.5) is 5.69 Å². The van der Waals surface area contributed by atoms with Gasteiger partial charge in [0.05, 0.1) is 11.3 Å². The van der Waals surface area contributed by atoms with E-state index in [1.54, 1.807) is 12.1 Å². The van der Waals surface area contributed by atoms with E-state index >= 15 is 0 Å².